The van der Waals surface area contributed by atoms with E-state index in [0.29, 0.717) is 6.04 Å². The van der Waals surface area contributed by atoms with Crippen LogP contribution in [0.5, 0.6) is 0 Å². The first kappa shape index (κ1) is 19.0. The van der Waals surface area contributed by atoms with Gasteiger partial charge < -0.3 is 20.9 Å². The molecule has 0 radical (unpaired) electrons. The van der Waals surface area contributed by atoms with E-state index in [2.05, 4.69) is 74.1 Å². The molecule has 2 heterocycles. The summed E-state index contributed by atoms with van der Waals surface area (Å²) in [5.41, 5.74) is 5.85. The van der Waals surface area contributed by atoms with Crippen LogP contribution in [0, 0.1) is 0 Å². The van der Waals surface area contributed by atoms with Crippen LogP contribution < -0.4 is 20.9 Å². The third-order valence-corrected chi connectivity index (χ3v) is 6.36. The van der Waals surface area contributed by atoms with Crippen LogP contribution in [0.2, 0.25) is 0 Å². The number of fused-ring (bicyclic) bond motifs is 2. The van der Waals surface area contributed by atoms with Gasteiger partial charge in [-0.05, 0) is 43.5 Å². The number of anilines is 4. The number of rotatable bonds is 6. The van der Waals surface area contributed by atoms with Gasteiger partial charge in [0.25, 0.3) is 0 Å². The first-order chi connectivity index (χ1) is 14.8. The number of hydrogen-bond acceptors (Lipinski definition) is 6. The van der Waals surface area contributed by atoms with E-state index in [0.717, 1.165) is 42.2 Å². The average Bonchev–Trinajstić information content (AvgIpc) is 3.19. The highest BCUT2D eigenvalue weighted by atomic mass is 15.3. The number of para-hydroxylation sites is 1. The molecule has 5 rings (SSSR count). The largest absolute Gasteiger partial charge is 0.382 e. The molecule has 6 nitrogen and oxygen atoms in total. The smallest absolute Gasteiger partial charge is 0.137 e. The third kappa shape index (κ3) is 3.74. The molecule has 6 heteroatoms. The number of aromatic nitrogens is 2. The third-order valence-electron chi connectivity index (χ3n) is 6.36. The van der Waals surface area contributed by atoms with Crippen LogP contribution in [-0.4, -0.2) is 29.2 Å². The molecular formula is C24H30N6. The predicted octanol–water partition coefficient (Wildman–Crippen LogP) is 5.20. The fourth-order valence-corrected chi connectivity index (χ4v) is 4.65. The summed E-state index contributed by atoms with van der Waals surface area (Å²) in [6.45, 7) is 4.73. The van der Waals surface area contributed by atoms with E-state index in [1.165, 1.54) is 49.0 Å². The minimum Gasteiger partial charge on any atom is -0.382 e. The molecule has 30 heavy (non-hydrogen) atoms. The van der Waals surface area contributed by atoms with Crippen LogP contribution in [0.4, 0.5) is 22.9 Å². The van der Waals surface area contributed by atoms with Crippen LogP contribution in [0.25, 0.3) is 10.9 Å². The molecule has 2 aromatic carbocycles. The normalized spacial score (nSPS) is 16.4. The summed E-state index contributed by atoms with van der Waals surface area (Å²) in [4.78, 5) is 11.4. The van der Waals surface area contributed by atoms with Crippen molar-refractivity contribution < 1.29 is 0 Å². The number of nitrogens with zero attached hydrogens (tertiary/aromatic N) is 3. The van der Waals surface area contributed by atoms with Gasteiger partial charge in [0.1, 0.15) is 12.1 Å². The Balaban J connectivity index is 1.37. The zero-order valence-electron chi connectivity index (χ0n) is 17.6. The fourth-order valence-electron chi connectivity index (χ4n) is 4.65. The maximum atomic E-state index is 4.55. The fraction of sp³-hybridized carbons (Fsp3) is 0.417. The van der Waals surface area contributed by atoms with Crippen molar-refractivity contribution in [3.8, 4) is 0 Å². The number of benzene rings is 2. The van der Waals surface area contributed by atoms with Gasteiger partial charge in [-0.1, -0.05) is 37.5 Å². The van der Waals surface area contributed by atoms with Crippen molar-refractivity contribution >= 4 is 33.8 Å². The van der Waals surface area contributed by atoms with Gasteiger partial charge in [0, 0.05) is 30.2 Å². The van der Waals surface area contributed by atoms with E-state index in [1.807, 2.05) is 0 Å². The van der Waals surface area contributed by atoms with Crippen LogP contribution in [0.3, 0.4) is 0 Å². The maximum Gasteiger partial charge on any atom is 0.137 e. The van der Waals surface area contributed by atoms with Crippen molar-refractivity contribution in [2.45, 2.75) is 51.6 Å². The van der Waals surface area contributed by atoms with Gasteiger partial charge >= 0.3 is 0 Å². The lowest BCUT2D eigenvalue weighted by Gasteiger charge is -2.25. The molecule has 0 bridgehead atoms. The van der Waals surface area contributed by atoms with E-state index in [9.17, 15) is 0 Å². The highest BCUT2D eigenvalue weighted by Gasteiger charge is 2.19. The SMILES string of the molecule is CCN1CNc2cc3c(NCc4ccccc4NC4CCCCC4)ncnc3cc21. The number of hydrogen-bond donors (Lipinski definition) is 3. The molecule has 1 saturated carbocycles. The van der Waals surface area contributed by atoms with Crippen LogP contribution in [-0.2, 0) is 6.54 Å². The van der Waals surface area contributed by atoms with Gasteiger partial charge in [-0.3, -0.25) is 0 Å². The lowest BCUT2D eigenvalue weighted by Crippen LogP contribution is -2.23. The molecule has 3 aromatic rings. The first-order valence-electron chi connectivity index (χ1n) is 11.2. The molecule has 1 aromatic heterocycles. The number of nitrogens with one attached hydrogen (secondary N) is 3. The van der Waals surface area contributed by atoms with Crippen molar-refractivity contribution in [3.05, 3.63) is 48.3 Å². The summed E-state index contributed by atoms with van der Waals surface area (Å²) in [5.74, 6) is 0.881. The van der Waals surface area contributed by atoms with E-state index >= 15 is 0 Å². The summed E-state index contributed by atoms with van der Waals surface area (Å²) in [7, 11) is 0. The lowest BCUT2D eigenvalue weighted by molar-refractivity contribution is 0.462. The molecule has 0 amide bonds. The van der Waals surface area contributed by atoms with Crippen LogP contribution >= 0.6 is 0 Å². The highest BCUT2D eigenvalue weighted by Crippen LogP contribution is 2.36. The molecule has 0 spiro atoms. The summed E-state index contributed by atoms with van der Waals surface area (Å²) in [6, 6.07) is 13.5. The second-order valence-electron chi connectivity index (χ2n) is 8.29. The highest BCUT2D eigenvalue weighted by molar-refractivity contribution is 5.97. The minimum absolute atomic E-state index is 0.593. The van der Waals surface area contributed by atoms with Crippen molar-refractivity contribution in [1.29, 1.82) is 0 Å². The maximum absolute atomic E-state index is 4.55. The van der Waals surface area contributed by atoms with E-state index < -0.39 is 0 Å². The molecule has 1 aliphatic heterocycles. The molecular weight excluding hydrogens is 372 g/mol. The Morgan fingerprint density at radius 3 is 2.83 bits per heavy atom. The molecule has 1 fully saturated rings. The zero-order chi connectivity index (χ0) is 20.3. The molecule has 0 unspecified atom stereocenters. The van der Waals surface area contributed by atoms with E-state index in [4.69, 9.17) is 0 Å². The monoisotopic (exact) mass is 402 g/mol. The Morgan fingerprint density at radius 1 is 1.10 bits per heavy atom. The zero-order valence-corrected chi connectivity index (χ0v) is 17.6. The van der Waals surface area contributed by atoms with Gasteiger partial charge in [0.2, 0.25) is 0 Å². The first-order valence-corrected chi connectivity index (χ1v) is 11.2. The van der Waals surface area contributed by atoms with Gasteiger partial charge in [-0.15, -0.1) is 0 Å². The second kappa shape index (κ2) is 8.38. The Morgan fingerprint density at radius 2 is 1.97 bits per heavy atom. The topological polar surface area (TPSA) is 65.1 Å². The summed E-state index contributed by atoms with van der Waals surface area (Å²) >= 11 is 0. The average molecular weight is 403 g/mol. The second-order valence-corrected chi connectivity index (χ2v) is 8.29. The Hall–Kier alpha value is -3.02. The molecule has 0 saturated heterocycles. The minimum atomic E-state index is 0.593. The van der Waals surface area contributed by atoms with E-state index in [-0.39, 0.29) is 0 Å². The lowest BCUT2D eigenvalue weighted by atomic mass is 9.95. The quantitative estimate of drug-likeness (QED) is 0.527. The molecule has 3 N–H and O–H groups in total. The predicted molar refractivity (Wildman–Crippen MR) is 125 cm³/mol. The van der Waals surface area contributed by atoms with Gasteiger partial charge in [-0.25, -0.2) is 9.97 Å². The molecule has 156 valence electrons. The van der Waals surface area contributed by atoms with Crippen molar-refractivity contribution in [2.24, 2.45) is 0 Å². The van der Waals surface area contributed by atoms with Crippen molar-refractivity contribution in [2.75, 3.05) is 34.1 Å². The van der Waals surface area contributed by atoms with Crippen molar-refractivity contribution in [1.82, 2.24) is 9.97 Å². The Labute approximate surface area is 178 Å². The van der Waals surface area contributed by atoms with Gasteiger partial charge in [0.05, 0.1) is 23.6 Å². The van der Waals surface area contributed by atoms with Gasteiger partial charge in [-0.2, -0.15) is 0 Å². The Kier molecular flexibility index (Phi) is 5.30. The summed E-state index contributed by atoms with van der Waals surface area (Å²) in [5, 5.41) is 11.9. The van der Waals surface area contributed by atoms with Crippen molar-refractivity contribution in [3.63, 3.8) is 0 Å². The van der Waals surface area contributed by atoms with E-state index in [1.54, 1.807) is 6.33 Å². The van der Waals surface area contributed by atoms with Gasteiger partial charge in [0.15, 0.2) is 0 Å². The standard InChI is InChI=1S/C24H30N6/c1-2-30-16-28-22-12-19-21(13-23(22)30)26-15-27-24(19)25-14-17-8-6-7-11-20(17)29-18-9-4-3-5-10-18/h6-8,11-13,15,18,28-29H,2-5,9-10,14,16H2,1H3,(H,25,26,27). The van der Waals surface area contributed by atoms with Crippen LogP contribution in [0.1, 0.15) is 44.6 Å². The molecule has 1 aliphatic carbocycles. The summed E-state index contributed by atoms with van der Waals surface area (Å²) in [6.07, 6.45) is 8.23. The Bertz CT molecular complexity index is 1030. The molecule has 0 atom stereocenters. The molecule has 2 aliphatic rings. The summed E-state index contributed by atoms with van der Waals surface area (Å²) < 4.78 is 0. The van der Waals surface area contributed by atoms with Crippen LogP contribution in [0.15, 0.2) is 42.7 Å².